The van der Waals surface area contributed by atoms with Gasteiger partial charge in [-0.15, -0.1) is 0 Å². The van der Waals surface area contributed by atoms with E-state index in [0.29, 0.717) is 20.8 Å². The van der Waals surface area contributed by atoms with Gasteiger partial charge in [0.2, 0.25) is 0 Å². The molecule has 1 fully saturated rings. The number of hydrogen-bond donors (Lipinski definition) is 2. The summed E-state index contributed by atoms with van der Waals surface area (Å²) in [6, 6.07) is 9.48. The minimum Gasteiger partial charge on any atom is -0.497 e. The normalized spacial score (nSPS) is 17.4. The van der Waals surface area contributed by atoms with Crippen molar-refractivity contribution in [1.29, 1.82) is 0 Å². The number of rotatable bonds is 7. The minimum atomic E-state index is -1.08. The number of anilines is 1. The van der Waals surface area contributed by atoms with Crippen molar-refractivity contribution >= 4 is 46.2 Å². The average Bonchev–Trinajstić information content (AvgIpc) is 3.30. The summed E-state index contributed by atoms with van der Waals surface area (Å²) >= 11 is 8.06. The fraction of sp³-hybridized carbons (Fsp3) is 0.457. The van der Waals surface area contributed by atoms with E-state index in [1.165, 1.54) is 28.2 Å². The van der Waals surface area contributed by atoms with Gasteiger partial charge < -0.3 is 24.8 Å². The lowest BCUT2D eigenvalue weighted by atomic mass is 9.72. The number of nitrogens with one attached hydrogen (secondary N) is 1. The summed E-state index contributed by atoms with van der Waals surface area (Å²) in [6.07, 6.45) is 7.02. The summed E-state index contributed by atoms with van der Waals surface area (Å²) in [6.45, 7) is 10.4. The maximum Gasteiger partial charge on any atom is 0.408 e. The molecule has 0 radical (unpaired) electrons. The molecule has 0 saturated carbocycles. The number of ether oxygens (including phenoxy) is 2. The third-order valence-corrected chi connectivity index (χ3v) is 10.3. The molecule has 0 bridgehead atoms. The Bertz CT molecular complexity index is 1900. The van der Waals surface area contributed by atoms with E-state index in [-0.39, 0.29) is 28.6 Å². The first-order valence-electron chi connectivity index (χ1n) is 16.0. The number of methoxy groups -OCH3 is 1. The third-order valence-electron chi connectivity index (χ3n) is 8.85. The van der Waals surface area contributed by atoms with Crippen LogP contribution in [0.15, 0.2) is 63.8 Å². The van der Waals surface area contributed by atoms with Gasteiger partial charge >= 0.3 is 6.09 Å². The Morgan fingerprint density at radius 1 is 1.10 bits per heavy atom. The molecule has 2 aromatic heterocycles. The number of carbonyl (C=O) groups is 1. The number of halogens is 1. The van der Waals surface area contributed by atoms with Crippen molar-refractivity contribution < 1.29 is 19.4 Å². The van der Waals surface area contributed by atoms with Crippen LogP contribution in [0, 0.1) is 5.41 Å². The van der Waals surface area contributed by atoms with Gasteiger partial charge in [0.1, 0.15) is 22.2 Å². The Balaban J connectivity index is 1.17. The lowest BCUT2D eigenvalue weighted by molar-refractivity contribution is 0.0427. The highest BCUT2D eigenvalue weighted by Crippen LogP contribution is 2.53. The number of nitrogens with zero attached hydrogens (tertiary/aromatic N) is 5. The zero-order valence-electron chi connectivity index (χ0n) is 28.0. The SMILES string of the molecule is COc1ccc2c(c1)[C@@H](NC(=O)OC(C)(C)C)C1(CCN(c3cnc(Sc4ccc5ncn(CC(C)(C)O)c(=O)c5c4Cl)cn3)CC1)C2. The smallest absolute Gasteiger partial charge is 0.408 e. The van der Waals surface area contributed by atoms with E-state index in [1.54, 1.807) is 39.4 Å². The molecular weight excluding hydrogens is 652 g/mol. The summed E-state index contributed by atoms with van der Waals surface area (Å²) in [5.74, 6) is 1.53. The predicted molar refractivity (Wildman–Crippen MR) is 186 cm³/mol. The number of alkyl carbamates (subject to hydrolysis) is 1. The molecule has 1 aliphatic carbocycles. The van der Waals surface area contributed by atoms with Gasteiger partial charge in [0.15, 0.2) is 0 Å². The molecule has 48 heavy (non-hydrogen) atoms. The highest BCUT2D eigenvalue weighted by atomic mass is 35.5. The second-order valence-electron chi connectivity index (χ2n) is 14.2. The zero-order valence-corrected chi connectivity index (χ0v) is 29.6. The van der Waals surface area contributed by atoms with Gasteiger partial charge in [0.05, 0.1) is 59.9 Å². The summed E-state index contributed by atoms with van der Waals surface area (Å²) < 4.78 is 12.5. The molecule has 1 saturated heterocycles. The molecule has 2 aromatic carbocycles. The van der Waals surface area contributed by atoms with Crippen molar-refractivity contribution in [2.75, 3.05) is 25.1 Å². The number of benzene rings is 2. The lowest BCUT2D eigenvalue weighted by Crippen LogP contribution is -2.47. The summed E-state index contributed by atoms with van der Waals surface area (Å²) in [4.78, 5) is 42.9. The van der Waals surface area contributed by atoms with Crippen molar-refractivity contribution in [3.63, 3.8) is 0 Å². The van der Waals surface area contributed by atoms with Gasteiger partial charge in [-0.3, -0.25) is 9.36 Å². The Hall–Kier alpha value is -3.87. The number of fused-ring (bicyclic) bond motifs is 2. The summed E-state index contributed by atoms with van der Waals surface area (Å²) in [7, 11) is 1.65. The first-order valence-corrected chi connectivity index (χ1v) is 17.2. The molecule has 0 unspecified atom stereocenters. The van der Waals surface area contributed by atoms with Crippen LogP contribution in [-0.2, 0) is 17.7 Å². The van der Waals surface area contributed by atoms with Crippen molar-refractivity contribution in [3.8, 4) is 5.75 Å². The van der Waals surface area contributed by atoms with Gasteiger partial charge in [0, 0.05) is 23.4 Å². The maximum absolute atomic E-state index is 13.2. The maximum atomic E-state index is 13.2. The molecule has 1 atom stereocenters. The quantitative estimate of drug-likeness (QED) is 0.232. The van der Waals surface area contributed by atoms with E-state index < -0.39 is 17.3 Å². The fourth-order valence-electron chi connectivity index (χ4n) is 6.68. The van der Waals surface area contributed by atoms with Crippen LogP contribution in [0.25, 0.3) is 10.9 Å². The molecule has 11 nitrogen and oxygen atoms in total. The third kappa shape index (κ3) is 7.11. The molecule has 13 heteroatoms. The highest BCUT2D eigenvalue weighted by molar-refractivity contribution is 7.99. The van der Waals surface area contributed by atoms with Crippen LogP contribution in [0.3, 0.4) is 0 Å². The topological polar surface area (TPSA) is 132 Å². The van der Waals surface area contributed by atoms with Crippen LogP contribution >= 0.6 is 23.4 Å². The second-order valence-corrected chi connectivity index (χ2v) is 15.7. The second kappa shape index (κ2) is 12.9. The molecule has 1 amide bonds. The first kappa shape index (κ1) is 34.0. The Morgan fingerprint density at radius 2 is 1.85 bits per heavy atom. The van der Waals surface area contributed by atoms with E-state index in [2.05, 4.69) is 26.3 Å². The Morgan fingerprint density at radius 3 is 2.50 bits per heavy atom. The highest BCUT2D eigenvalue weighted by Gasteiger charge is 2.49. The van der Waals surface area contributed by atoms with Gasteiger partial charge in [-0.05, 0) is 89.3 Å². The van der Waals surface area contributed by atoms with Crippen LogP contribution in [-0.4, -0.2) is 62.1 Å². The number of amides is 1. The van der Waals surface area contributed by atoms with Gasteiger partial charge in [-0.1, -0.05) is 29.4 Å². The lowest BCUT2D eigenvalue weighted by Gasteiger charge is -2.43. The van der Waals surface area contributed by atoms with Crippen LogP contribution in [0.4, 0.5) is 10.6 Å². The summed E-state index contributed by atoms with van der Waals surface area (Å²) in [5, 5.41) is 14.7. The standard InChI is InChI=1S/C35H41ClN6O5S/c1-33(2,3)47-32(44)40-30-23-15-22(46-6)8-7-21(23)16-35(30)11-13-41(14-12-35)26-17-38-27(18-37-26)48-25-10-9-24-28(29(25)36)31(43)42(20-39-24)19-34(4,5)45/h7-10,15,17-18,20,30,45H,11-14,16,19H2,1-6H3,(H,40,44)/t30-/m1/s1. The molecule has 2 aliphatic rings. The number of carbonyl (C=O) groups excluding carboxylic acids is 1. The monoisotopic (exact) mass is 692 g/mol. The van der Waals surface area contributed by atoms with Gasteiger partial charge in [0.25, 0.3) is 5.56 Å². The van der Waals surface area contributed by atoms with Crippen LogP contribution in [0.5, 0.6) is 5.75 Å². The molecule has 254 valence electrons. The number of hydrogen-bond acceptors (Lipinski definition) is 10. The number of aromatic nitrogens is 4. The largest absolute Gasteiger partial charge is 0.497 e. The number of piperidine rings is 1. The molecule has 3 heterocycles. The molecule has 2 N–H and O–H groups in total. The van der Waals surface area contributed by atoms with E-state index in [4.69, 9.17) is 26.1 Å². The predicted octanol–water partition coefficient (Wildman–Crippen LogP) is 6.18. The van der Waals surface area contributed by atoms with Crippen molar-refractivity contribution in [3.05, 3.63) is 75.6 Å². The van der Waals surface area contributed by atoms with E-state index in [1.807, 2.05) is 39.0 Å². The molecule has 1 spiro atoms. The molecule has 4 aromatic rings. The van der Waals surface area contributed by atoms with Crippen molar-refractivity contribution in [2.24, 2.45) is 5.41 Å². The van der Waals surface area contributed by atoms with Crippen molar-refractivity contribution in [2.45, 2.75) is 87.6 Å². The Labute approximate surface area is 289 Å². The average molecular weight is 693 g/mol. The van der Waals surface area contributed by atoms with Crippen LogP contribution in [0.2, 0.25) is 5.02 Å². The first-order chi connectivity index (χ1) is 22.6. The fourth-order valence-corrected chi connectivity index (χ4v) is 7.80. The van der Waals surface area contributed by atoms with E-state index >= 15 is 0 Å². The minimum absolute atomic E-state index is 0.0929. The van der Waals surface area contributed by atoms with E-state index in [9.17, 15) is 14.7 Å². The number of aliphatic hydroxyl groups is 1. The Kier molecular flexibility index (Phi) is 9.12. The van der Waals surface area contributed by atoms with E-state index in [0.717, 1.165) is 49.5 Å². The summed E-state index contributed by atoms with van der Waals surface area (Å²) in [5.41, 5.74) is 0.610. The molecule has 6 rings (SSSR count). The van der Waals surface area contributed by atoms with Gasteiger partial charge in [-0.2, -0.15) is 0 Å². The van der Waals surface area contributed by atoms with Crippen LogP contribution < -0.4 is 20.5 Å². The van der Waals surface area contributed by atoms with Crippen LogP contribution in [0.1, 0.15) is 64.6 Å². The van der Waals surface area contributed by atoms with Crippen molar-refractivity contribution in [1.82, 2.24) is 24.8 Å². The van der Waals surface area contributed by atoms with Gasteiger partial charge in [-0.25, -0.2) is 19.7 Å². The molecule has 1 aliphatic heterocycles. The zero-order chi connectivity index (χ0) is 34.4. The molecular formula is C35H41ClN6O5S.